The predicted octanol–water partition coefficient (Wildman–Crippen LogP) is 1.03. The second-order valence-electron chi connectivity index (χ2n) is 2.95. The van der Waals surface area contributed by atoms with Gasteiger partial charge in [0.05, 0.1) is 0 Å². The van der Waals surface area contributed by atoms with Crippen LogP contribution in [-0.4, -0.2) is 17.0 Å². The van der Waals surface area contributed by atoms with Crippen LogP contribution >= 0.6 is 0 Å². The van der Waals surface area contributed by atoms with Crippen molar-refractivity contribution in [1.29, 1.82) is 0 Å². The molecule has 1 amide bonds. The standard InChI is InChI=1S/C7H11NO4/c1-4(2)3-5(7(10)11)6(9)8-12/h4-5H,3H2,1-2H3,(H,10,11). The van der Waals surface area contributed by atoms with Crippen molar-refractivity contribution in [3.63, 3.8) is 0 Å². The lowest BCUT2D eigenvalue weighted by atomic mass is 9.97. The van der Waals surface area contributed by atoms with E-state index >= 15 is 0 Å². The number of carboxylic acid groups (broad SMARTS) is 1. The number of hydrogen-bond acceptors (Lipinski definition) is 3. The molecular weight excluding hydrogens is 162 g/mol. The molecule has 68 valence electrons. The number of nitroso groups, excluding NO2 is 1. The van der Waals surface area contributed by atoms with Gasteiger partial charge in [0, 0.05) is 5.18 Å². The normalized spacial score (nSPS) is 12.6. The Kier molecular flexibility index (Phi) is 4.10. The number of aliphatic carboxylic acids is 1. The fourth-order valence-electron chi connectivity index (χ4n) is 0.842. The van der Waals surface area contributed by atoms with Crippen molar-refractivity contribution in [2.75, 3.05) is 0 Å². The third-order valence-electron chi connectivity index (χ3n) is 1.39. The van der Waals surface area contributed by atoms with Crippen molar-refractivity contribution < 1.29 is 14.7 Å². The molecule has 0 saturated carbocycles. The topological polar surface area (TPSA) is 83.8 Å². The SMILES string of the molecule is CC(C)CC(C(=O)O)C(=O)N=O. The van der Waals surface area contributed by atoms with E-state index in [0.29, 0.717) is 0 Å². The highest BCUT2D eigenvalue weighted by Crippen LogP contribution is 2.13. The average molecular weight is 173 g/mol. The van der Waals surface area contributed by atoms with Gasteiger partial charge in [-0.15, -0.1) is 4.91 Å². The molecule has 1 N–H and O–H groups in total. The Morgan fingerprint density at radius 1 is 1.42 bits per heavy atom. The van der Waals surface area contributed by atoms with Crippen molar-refractivity contribution >= 4 is 11.9 Å². The third kappa shape index (κ3) is 3.23. The van der Waals surface area contributed by atoms with Crippen LogP contribution in [0.2, 0.25) is 0 Å². The Morgan fingerprint density at radius 3 is 2.17 bits per heavy atom. The molecule has 12 heavy (non-hydrogen) atoms. The molecule has 0 radical (unpaired) electrons. The molecule has 5 heteroatoms. The molecule has 0 bridgehead atoms. The van der Waals surface area contributed by atoms with Gasteiger partial charge in [-0.25, -0.2) is 0 Å². The average Bonchev–Trinajstić information content (AvgIpc) is 1.98. The second-order valence-corrected chi connectivity index (χ2v) is 2.95. The Bertz CT molecular complexity index is 200. The molecule has 5 nitrogen and oxygen atoms in total. The van der Waals surface area contributed by atoms with E-state index in [-0.39, 0.29) is 12.3 Å². The number of rotatable bonds is 4. The lowest BCUT2D eigenvalue weighted by molar-refractivity contribution is -0.146. The Labute approximate surface area is 69.7 Å². The zero-order valence-corrected chi connectivity index (χ0v) is 6.98. The van der Waals surface area contributed by atoms with Gasteiger partial charge in [-0.05, 0) is 12.3 Å². The van der Waals surface area contributed by atoms with Crippen LogP contribution in [0.25, 0.3) is 0 Å². The number of carbonyl (C=O) groups is 2. The fourth-order valence-corrected chi connectivity index (χ4v) is 0.842. The van der Waals surface area contributed by atoms with Gasteiger partial charge < -0.3 is 5.11 Å². The summed E-state index contributed by atoms with van der Waals surface area (Å²) in [4.78, 5) is 30.8. The van der Waals surface area contributed by atoms with Crippen molar-refractivity contribution in [2.24, 2.45) is 17.0 Å². The van der Waals surface area contributed by atoms with E-state index in [1.54, 1.807) is 13.8 Å². The van der Waals surface area contributed by atoms with Gasteiger partial charge in [-0.2, -0.15) is 0 Å². The Morgan fingerprint density at radius 2 is 1.92 bits per heavy atom. The fraction of sp³-hybridized carbons (Fsp3) is 0.714. The van der Waals surface area contributed by atoms with Crippen LogP contribution in [0.5, 0.6) is 0 Å². The minimum atomic E-state index is -1.28. The van der Waals surface area contributed by atoms with E-state index in [4.69, 9.17) is 5.11 Å². The van der Waals surface area contributed by atoms with Gasteiger partial charge in [0.25, 0.3) is 0 Å². The minimum absolute atomic E-state index is 0.0526. The summed E-state index contributed by atoms with van der Waals surface area (Å²) in [6.45, 7) is 3.54. The zero-order chi connectivity index (χ0) is 9.72. The molecule has 0 aliphatic heterocycles. The Balaban J connectivity index is 4.33. The first-order chi connectivity index (χ1) is 5.49. The van der Waals surface area contributed by atoms with Crippen molar-refractivity contribution in [1.82, 2.24) is 0 Å². The lowest BCUT2D eigenvalue weighted by Crippen LogP contribution is -2.23. The molecule has 1 unspecified atom stereocenters. The number of carbonyl (C=O) groups excluding carboxylic acids is 1. The molecule has 0 fully saturated rings. The molecule has 0 aliphatic carbocycles. The van der Waals surface area contributed by atoms with Crippen LogP contribution in [0.3, 0.4) is 0 Å². The number of amides is 1. The minimum Gasteiger partial charge on any atom is -0.481 e. The summed E-state index contributed by atoms with van der Waals surface area (Å²) in [7, 11) is 0. The maximum atomic E-state index is 10.6. The molecule has 0 heterocycles. The highest BCUT2D eigenvalue weighted by molar-refractivity contribution is 5.97. The first-order valence-electron chi connectivity index (χ1n) is 3.59. The van der Waals surface area contributed by atoms with E-state index in [1.165, 1.54) is 0 Å². The van der Waals surface area contributed by atoms with Crippen LogP contribution < -0.4 is 0 Å². The van der Waals surface area contributed by atoms with Crippen LogP contribution in [0.15, 0.2) is 5.18 Å². The number of carboxylic acids is 1. The van der Waals surface area contributed by atoms with Gasteiger partial charge in [0.2, 0.25) is 0 Å². The molecule has 0 saturated heterocycles. The summed E-state index contributed by atoms with van der Waals surface area (Å²) in [6, 6.07) is 0. The second kappa shape index (κ2) is 4.58. The van der Waals surface area contributed by atoms with Gasteiger partial charge >= 0.3 is 11.9 Å². The van der Waals surface area contributed by atoms with Crippen LogP contribution in [-0.2, 0) is 9.59 Å². The predicted molar refractivity (Wildman–Crippen MR) is 41.4 cm³/mol. The number of nitrogens with zero attached hydrogens (tertiary/aromatic N) is 1. The molecule has 0 aromatic rings. The quantitative estimate of drug-likeness (QED) is 0.508. The zero-order valence-electron chi connectivity index (χ0n) is 6.98. The van der Waals surface area contributed by atoms with Crippen LogP contribution in [0.1, 0.15) is 20.3 Å². The molecule has 0 spiro atoms. The van der Waals surface area contributed by atoms with E-state index in [9.17, 15) is 14.5 Å². The van der Waals surface area contributed by atoms with E-state index in [1.807, 2.05) is 0 Å². The van der Waals surface area contributed by atoms with Crippen molar-refractivity contribution in [3.05, 3.63) is 4.91 Å². The van der Waals surface area contributed by atoms with Gasteiger partial charge in [-0.1, -0.05) is 13.8 Å². The third-order valence-corrected chi connectivity index (χ3v) is 1.39. The van der Waals surface area contributed by atoms with Crippen molar-refractivity contribution in [2.45, 2.75) is 20.3 Å². The summed E-state index contributed by atoms with van der Waals surface area (Å²) in [5.74, 6) is -3.61. The van der Waals surface area contributed by atoms with Crippen LogP contribution in [0, 0.1) is 16.7 Å². The largest absolute Gasteiger partial charge is 0.481 e. The van der Waals surface area contributed by atoms with Gasteiger partial charge in [-0.3, -0.25) is 9.59 Å². The first-order valence-corrected chi connectivity index (χ1v) is 3.59. The summed E-state index contributed by atoms with van der Waals surface area (Å²) in [5, 5.41) is 10.6. The summed E-state index contributed by atoms with van der Waals surface area (Å²) >= 11 is 0. The summed E-state index contributed by atoms with van der Waals surface area (Å²) in [5.41, 5.74) is 0. The van der Waals surface area contributed by atoms with E-state index in [0.717, 1.165) is 0 Å². The van der Waals surface area contributed by atoms with E-state index < -0.39 is 17.8 Å². The molecular formula is C7H11NO4. The summed E-state index contributed by atoms with van der Waals surface area (Å²) in [6.07, 6.45) is 0.153. The van der Waals surface area contributed by atoms with Crippen LogP contribution in [0.4, 0.5) is 0 Å². The van der Waals surface area contributed by atoms with Gasteiger partial charge in [0.15, 0.2) is 0 Å². The smallest absolute Gasteiger partial charge is 0.316 e. The maximum Gasteiger partial charge on any atom is 0.316 e. The first kappa shape index (κ1) is 10.7. The monoisotopic (exact) mass is 173 g/mol. The number of hydrogen-bond donors (Lipinski definition) is 1. The summed E-state index contributed by atoms with van der Waals surface area (Å²) < 4.78 is 0. The Hall–Kier alpha value is -1.26. The molecule has 1 atom stereocenters. The maximum absolute atomic E-state index is 10.6. The highest BCUT2D eigenvalue weighted by atomic mass is 16.4. The molecule has 0 aromatic heterocycles. The van der Waals surface area contributed by atoms with E-state index in [2.05, 4.69) is 5.18 Å². The van der Waals surface area contributed by atoms with Gasteiger partial charge in [0.1, 0.15) is 5.92 Å². The molecule has 0 rings (SSSR count). The van der Waals surface area contributed by atoms with Crippen molar-refractivity contribution in [3.8, 4) is 0 Å². The lowest BCUT2D eigenvalue weighted by Gasteiger charge is -2.08. The highest BCUT2D eigenvalue weighted by Gasteiger charge is 2.27. The molecule has 0 aromatic carbocycles. The molecule has 0 aliphatic rings.